The molecule has 0 fully saturated rings. The smallest absolute Gasteiger partial charge is 0.491 e. The predicted molar refractivity (Wildman–Crippen MR) is 56.5 cm³/mol. The Balaban J connectivity index is 2.44. The molecule has 0 aliphatic rings. The van der Waals surface area contributed by atoms with Crippen LogP contribution in [0.2, 0.25) is 0 Å². The van der Waals surface area contributed by atoms with Crippen LogP contribution in [-0.4, -0.2) is 19.6 Å². The molecule has 17 heavy (non-hydrogen) atoms. The molecule has 0 unspecified atom stereocenters. The molecular weight excluding hydrogens is 308 g/mol. The molecule has 0 atom stereocenters. The van der Waals surface area contributed by atoms with Gasteiger partial charge in [-0.05, 0) is 17.7 Å². The van der Waals surface area contributed by atoms with E-state index in [1.54, 1.807) is 0 Å². The fourth-order valence-corrected chi connectivity index (χ4v) is 1.42. The lowest BCUT2D eigenvalue weighted by atomic mass is 10.2. The van der Waals surface area contributed by atoms with Gasteiger partial charge >= 0.3 is 6.36 Å². The number of alkyl halides is 4. The van der Waals surface area contributed by atoms with Crippen LogP contribution in [-0.2, 0) is 10.1 Å². The lowest BCUT2D eigenvalue weighted by Gasteiger charge is -2.09. The molecule has 1 aromatic carbocycles. The van der Waals surface area contributed by atoms with Crippen LogP contribution in [0, 0.1) is 5.82 Å². The van der Waals surface area contributed by atoms with Crippen molar-refractivity contribution < 1.29 is 27.0 Å². The molecule has 0 aliphatic carbocycles. The minimum atomic E-state index is -4.67. The zero-order chi connectivity index (χ0) is 12.9. The van der Waals surface area contributed by atoms with Crippen LogP contribution in [0.25, 0.3) is 0 Å². The molecule has 0 amide bonds. The Morgan fingerprint density at radius 3 is 2.41 bits per heavy atom. The first kappa shape index (κ1) is 14.2. The largest absolute Gasteiger partial charge is 0.522 e. The molecule has 0 spiro atoms. The summed E-state index contributed by atoms with van der Waals surface area (Å²) in [6.07, 6.45) is -4.67. The SMILES string of the molecule is Fc1cc(CBr)cc(OCCOC(F)(F)F)c1. The van der Waals surface area contributed by atoms with Gasteiger partial charge in [-0.3, -0.25) is 4.74 Å². The van der Waals surface area contributed by atoms with Gasteiger partial charge in [0, 0.05) is 11.4 Å². The van der Waals surface area contributed by atoms with E-state index >= 15 is 0 Å². The molecule has 0 N–H and O–H groups in total. The van der Waals surface area contributed by atoms with Gasteiger partial charge in [0.05, 0.1) is 6.61 Å². The van der Waals surface area contributed by atoms with Gasteiger partial charge in [-0.15, -0.1) is 13.2 Å². The van der Waals surface area contributed by atoms with Crippen molar-refractivity contribution in [2.45, 2.75) is 11.7 Å². The predicted octanol–water partition coefficient (Wildman–Crippen LogP) is 3.64. The van der Waals surface area contributed by atoms with Gasteiger partial charge in [-0.1, -0.05) is 15.9 Å². The van der Waals surface area contributed by atoms with Gasteiger partial charge in [-0.2, -0.15) is 0 Å². The summed E-state index contributed by atoms with van der Waals surface area (Å²) in [6, 6.07) is 3.93. The maximum absolute atomic E-state index is 13.0. The Labute approximate surface area is 104 Å². The van der Waals surface area contributed by atoms with E-state index in [4.69, 9.17) is 4.74 Å². The lowest BCUT2D eigenvalue weighted by Crippen LogP contribution is -2.18. The van der Waals surface area contributed by atoms with Gasteiger partial charge < -0.3 is 4.74 Å². The minimum absolute atomic E-state index is 0.172. The molecule has 1 rings (SSSR count). The van der Waals surface area contributed by atoms with Crippen molar-refractivity contribution >= 4 is 15.9 Å². The zero-order valence-electron chi connectivity index (χ0n) is 8.56. The highest BCUT2D eigenvalue weighted by atomic mass is 79.9. The maximum atomic E-state index is 13.0. The van der Waals surface area contributed by atoms with Crippen molar-refractivity contribution in [3.8, 4) is 5.75 Å². The molecule has 1 aromatic rings. The highest BCUT2D eigenvalue weighted by Gasteiger charge is 2.28. The second-order valence-electron chi connectivity index (χ2n) is 3.07. The van der Waals surface area contributed by atoms with E-state index in [1.807, 2.05) is 0 Å². The van der Waals surface area contributed by atoms with Crippen LogP contribution >= 0.6 is 15.9 Å². The number of ether oxygens (including phenoxy) is 2. The summed E-state index contributed by atoms with van der Waals surface area (Å²) in [4.78, 5) is 0. The topological polar surface area (TPSA) is 18.5 Å². The number of hydrogen-bond donors (Lipinski definition) is 0. The molecule has 0 heterocycles. The van der Waals surface area contributed by atoms with E-state index in [0.717, 1.165) is 6.07 Å². The van der Waals surface area contributed by atoms with E-state index in [9.17, 15) is 17.6 Å². The van der Waals surface area contributed by atoms with Crippen LogP contribution in [0.3, 0.4) is 0 Å². The Morgan fingerprint density at radius 2 is 1.82 bits per heavy atom. The van der Waals surface area contributed by atoms with Crippen molar-refractivity contribution in [2.75, 3.05) is 13.2 Å². The molecule has 96 valence electrons. The second kappa shape index (κ2) is 6.20. The third-order valence-corrected chi connectivity index (χ3v) is 2.35. The molecule has 2 nitrogen and oxygen atoms in total. The molecule has 7 heteroatoms. The zero-order valence-corrected chi connectivity index (χ0v) is 10.1. The van der Waals surface area contributed by atoms with E-state index in [-0.39, 0.29) is 12.4 Å². The molecule has 0 saturated heterocycles. The maximum Gasteiger partial charge on any atom is 0.522 e. The van der Waals surface area contributed by atoms with Gasteiger partial charge in [-0.25, -0.2) is 4.39 Å². The highest BCUT2D eigenvalue weighted by molar-refractivity contribution is 9.08. The normalized spacial score (nSPS) is 11.6. The van der Waals surface area contributed by atoms with E-state index in [2.05, 4.69) is 20.7 Å². The van der Waals surface area contributed by atoms with Crippen LogP contribution in [0.5, 0.6) is 5.75 Å². The Morgan fingerprint density at radius 1 is 1.12 bits per heavy atom. The average molecular weight is 317 g/mol. The molecule has 0 saturated carbocycles. The van der Waals surface area contributed by atoms with Crippen LogP contribution in [0.15, 0.2) is 18.2 Å². The van der Waals surface area contributed by atoms with E-state index < -0.39 is 18.8 Å². The number of hydrogen-bond acceptors (Lipinski definition) is 2. The quantitative estimate of drug-likeness (QED) is 0.469. The average Bonchev–Trinajstić information content (AvgIpc) is 2.22. The lowest BCUT2D eigenvalue weighted by molar-refractivity contribution is -0.325. The summed E-state index contributed by atoms with van der Waals surface area (Å²) < 4.78 is 56.3. The third-order valence-electron chi connectivity index (χ3n) is 1.70. The Kier molecular flexibility index (Phi) is 5.20. The van der Waals surface area contributed by atoms with Crippen LogP contribution in [0.1, 0.15) is 5.56 Å². The molecule has 0 aromatic heterocycles. The fourth-order valence-electron chi connectivity index (χ4n) is 1.10. The van der Waals surface area contributed by atoms with Gasteiger partial charge in [0.25, 0.3) is 0 Å². The van der Waals surface area contributed by atoms with Gasteiger partial charge in [0.2, 0.25) is 0 Å². The third kappa shape index (κ3) is 5.88. The summed E-state index contributed by atoms with van der Waals surface area (Å²) in [5.41, 5.74) is 0.636. The summed E-state index contributed by atoms with van der Waals surface area (Å²) in [5, 5.41) is 0.431. The number of halogens is 5. The summed E-state index contributed by atoms with van der Waals surface area (Å²) >= 11 is 3.14. The van der Waals surface area contributed by atoms with Gasteiger partial charge in [0.15, 0.2) is 0 Å². The van der Waals surface area contributed by atoms with Crippen LogP contribution < -0.4 is 4.74 Å². The molecule has 0 radical (unpaired) electrons. The summed E-state index contributed by atoms with van der Waals surface area (Å²) in [5.74, 6) is -0.334. The first-order chi connectivity index (χ1) is 7.90. The standard InChI is InChI=1S/C10H9BrF4O2/c11-6-7-3-8(12)5-9(4-7)16-1-2-17-10(13,14)15/h3-5H,1-2,6H2. The summed E-state index contributed by atoms with van der Waals surface area (Å²) in [6.45, 7) is -0.936. The Hall–Kier alpha value is -0.820. The van der Waals surface area contributed by atoms with Gasteiger partial charge in [0.1, 0.15) is 18.2 Å². The first-order valence-corrected chi connectivity index (χ1v) is 5.72. The van der Waals surface area contributed by atoms with Crippen LogP contribution in [0.4, 0.5) is 17.6 Å². The molecule has 0 bridgehead atoms. The molecular formula is C10H9BrF4O2. The van der Waals surface area contributed by atoms with E-state index in [0.29, 0.717) is 10.9 Å². The minimum Gasteiger partial charge on any atom is -0.491 e. The highest BCUT2D eigenvalue weighted by Crippen LogP contribution is 2.19. The van der Waals surface area contributed by atoms with E-state index in [1.165, 1.54) is 12.1 Å². The van der Waals surface area contributed by atoms with Crippen molar-refractivity contribution in [1.29, 1.82) is 0 Å². The first-order valence-electron chi connectivity index (χ1n) is 4.59. The monoisotopic (exact) mass is 316 g/mol. The van der Waals surface area contributed by atoms with Crippen molar-refractivity contribution in [3.05, 3.63) is 29.6 Å². The van der Waals surface area contributed by atoms with Crippen molar-refractivity contribution in [1.82, 2.24) is 0 Å². The van der Waals surface area contributed by atoms with Crippen molar-refractivity contribution in [3.63, 3.8) is 0 Å². The van der Waals surface area contributed by atoms with Crippen molar-refractivity contribution in [2.24, 2.45) is 0 Å². The number of benzene rings is 1. The number of rotatable bonds is 5. The fraction of sp³-hybridized carbons (Fsp3) is 0.400. The summed E-state index contributed by atoms with van der Waals surface area (Å²) in [7, 11) is 0. The second-order valence-corrected chi connectivity index (χ2v) is 3.63. The Bertz CT molecular complexity index is 368. The molecule has 0 aliphatic heterocycles.